The van der Waals surface area contributed by atoms with Crippen molar-refractivity contribution in [2.75, 3.05) is 26.7 Å². The zero-order valence-corrected chi connectivity index (χ0v) is 15.7. The van der Waals surface area contributed by atoms with Crippen LogP contribution in [0.15, 0.2) is 18.2 Å². The minimum atomic E-state index is 0.160. The van der Waals surface area contributed by atoms with Crippen LogP contribution in [0.2, 0.25) is 0 Å². The Morgan fingerprint density at radius 1 is 1.20 bits per heavy atom. The van der Waals surface area contributed by atoms with E-state index in [1.54, 1.807) is 7.05 Å². The summed E-state index contributed by atoms with van der Waals surface area (Å²) in [4.78, 5) is 14.0. The molecule has 1 aliphatic heterocycles. The van der Waals surface area contributed by atoms with Crippen molar-refractivity contribution in [3.05, 3.63) is 29.3 Å². The molecule has 1 aromatic carbocycles. The smallest absolute Gasteiger partial charge is 0.225 e. The molecule has 0 aromatic heterocycles. The number of carbonyl (C=O) groups is 1. The van der Waals surface area contributed by atoms with Gasteiger partial charge in [-0.2, -0.15) is 0 Å². The molecular formula is C21H32N2O2. The van der Waals surface area contributed by atoms with E-state index in [2.05, 4.69) is 35.3 Å². The normalized spacial score (nSPS) is 19.4. The first-order valence-electron chi connectivity index (χ1n) is 9.88. The molecule has 1 N–H and O–H groups in total. The first-order chi connectivity index (χ1) is 12.2. The summed E-state index contributed by atoms with van der Waals surface area (Å²) in [6.45, 7) is 5.72. The van der Waals surface area contributed by atoms with Crippen molar-refractivity contribution in [3.63, 3.8) is 0 Å². The summed E-state index contributed by atoms with van der Waals surface area (Å²) in [6, 6.07) is 6.55. The molecule has 0 spiro atoms. The van der Waals surface area contributed by atoms with E-state index in [-0.39, 0.29) is 11.8 Å². The van der Waals surface area contributed by atoms with Crippen LogP contribution in [0.5, 0.6) is 5.75 Å². The molecule has 4 nitrogen and oxygen atoms in total. The summed E-state index contributed by atoms with van der Waals surface area (Å²) in [5.41, 5.74) is 2.73. The van der Waals surface area contributed by atoms with Crippen LogP contribution in [0.3, 0.4) is 0 Å². The number of nitrogens with one attached hydrogen (secondary N) is 1. The number of aryl methyl sites for hydroxylation is 1. The molecule has 2 aliphatic rings. The zero-order chi connectivity index (χ0) is 17.6. The van der Waals surface area contributed by atoms with E-state index in [1.807, 2.05) is 0 Å². The van der Waals surface area contributed by atoms with Gasteiger partial charge in [-0.05, 0) is 48.4 Å². The number of ether oxygens (including phenoxy) is 1. The minimum absolute atomic E-state index is 0.160. The molecule has 1 saturated carbocycles. The lowest BCUT2D eigenvalue weighted by Gasteiger charge is -2.38. The second-order valence-corrected chi connectivity index (χ2v) is 7.60. The lowest BCUT2D eigenvalue weighted by Crippen LogP contribution is -2.52. The highest BCUT2D eigenvalue weighted by Gasteiger charge is 2.31. The summed E-state index contributed by atoms with van der Waals surface area (Å²) in [6.07, 6.45) is 7.77. The highest BCUT2D eigenvalue weighted by Crippen LogP contribution is 2.27. The van der Waals surface area contributed by atoms with Crippen LogP contribution >= 0.6 is 0 Å². The quantitative estimate of drug-likeness (QED) is 0.824. The highest BCUT2D eigenvalue weighted by atomic mass is 16.5. The first-order valence-corrected chi connectivity index (χ1v) is 9.88. The fourth-order valence-corrected chi connectivity index (χ4v) is 4.05. The number of rotatable bonds is 7. The molecule has 1 aliphatic carbocycles. The van der Waals surface area contributed by atoms with Gasteiger partial charge in [0.2, 0.25) is 5.91 Å². The molecule has 1 heterocycles. The summed E-state index contributed by atoms with van der Waals surface area (Å²) in [7, 11) is 1.71. The van der Waals surface area contributed by atoms with E-state index in [9.17, 15) is 4.79 Å². The Labute approximate surface area is 151 Å². The van der Waals surface area contributed by atoms with Crippen LogP contribution in [0.1, 0.15) is 50.2 Å². The molecule has 25 heavy (non-hydrogen) atoms. The highest BCUT2D eigenvalue weighted by molar-refractivity contribution is 5.79. The second-order valence-electron chi connectivity index (χ2n) is 7.60. The van der Waals surface area contributed by atoms with Gasteiger partial charge in [0.05, 0.1) is 12.5 Å². The summed E-state index contributed by atoms with van der Waals surface area (Å²) < 4.78 is 6.08. The van der Waals surface area contributed by atoms with E-state index in [1.165, 1.54) is 43.2 Å². The van der Waals surface area contributed by atoms with Gasteiger partial charge in [0.1, 0.15) is 5.75 Å². The number of benzene rings is 1. The van der Waals surface area contributed by atoms with Crippen LogP contribution in [-0.4, -0.2) is 37.6 Å². The first kappa shape index (κ1) is 18.2. The third-order valence-electron chi connectivity index (χ3n) is 5.74. The van der Waals surface area contributed by atoms with Crippen molar-refractivity contribution < 1.29 is 9.53 Å². The number of likely N-dealkylation sites (tertiary alicyclic amines) is 1. The number of nitrogens with zero attached hydrogens (tertiary/aromatic N) is 1. The minimum Gasteiger partial charge on any atom is -0.493 e. The fourth-order valence-electron chi connectivity index (χ4n) is 4.05. The Balaban J connectivity index is 1.52. The van der Waals surface area contributed by atoms with Gasteiger partial charge >= 0.3 is 0 Å². The molecule has 1 amide bonds. The summed E-state index contributed by atoms with van der Waals surface area (Å²) in [5.74, 6) is 2.07. The Kier molecular flexibility index (Phi) is 6.35. The molecule has 4 heteroatoms. The summed E-state index contributed by atoms with van der Waals surface area (Å²) >= 11 is 0. The third kappa shape index (κ3) is 4.75. The van der Waals surface area contributed by atoms with Gasteiger partial charge in [0.25, 0.3) is 0 Å². The Hall–Kier alpha value is -1.55. The van der Waals surface area contributed by atoms with Crippen LogP contribution in [0.25, 0.3) is 0 Å². The maximum atomic E-state index is 11.6. The Morgan fingerprint density at radius 2 is 1.96 bits per heavy atom. The van der Waals surface area contributed by atoms with E-state index < -0.39 is 0 Å². The second kappa shape index (κ2) is 8.70. The molecule has 1 aromatic rings. The average molecular weight is 344 g/mol. The number of hydrogen-bond acceptors (Lipinski definition) is 3. The van der Waals surface area contributed by atoms with Crippen molar-refractivity contribution in [2.45, 2.75) is 52.0 Å². The lowest BCUT2D eigenvalue weighted by atomic mass is 9.90. The van der Waals surface area contributed by atoms with Crippen molar-refractivity contribution in [2.24, 2.45) is 11.8 Å². The molecule has 0 bridgehead atoms. The van der Waals surface area contributed by atoms with E-state index in [0.717, 1.165) is 44.3 Å². The van der Waals surface area contributed by atoms with Gasteiger partial charge < -0.3 is 10.1 Å². The monoisotopic (exact) mass is 344 g/mol. The van der Waals surface area contributed by atoms with Crippen LogP contribution in [0.4, 0.5) is 0 Å². The van der Waals surface area contributed by atoms with Crippen molar-refractivity contribution >= 4 is 5.91 Å². The van der Waals surface area contributed by atoms with Gasteiger partial charge in [-0.1, -0.05) is 32.3 Å². The molecular weight excluding hydrogens is 312 g/mol. The summed E-state index contributed by atoms with van der Waals surface area (Å²) in [5, 5.41) is 2.74. The van der Waals surface area contributed by atoms with E-state index in [4.69, 9.17) is 4.74 Å². The number of hydrogen-bond donors (Lipinski definition) is 1. The van der Waals surface area contributed by atoms with Gasteiger partial charge in [-0.25, -0.2) is 0 Å². The maximum absolute atomic E-state index is 11.6. The van der Waals surface area contributed by atoms with Gasteiger partial charge in [-0.3, -0.25) is 9.69 Å². The Bertz CT molecular complexity index is 575. The van der Waals surface area contributed by atoms with E-state index in [0.29, 0.717) is 0 Å². The molecule has 3 rings (SSSR count). The molecule has 0 atom stereocenters. The topological polar surface area (TPSA) is 41.6 Å². The fraction of sp³-hybridized carbons (Fsp3) is 0.667. The Morgan fingerprint density at radius 3 is 2.64 bits per heavy atom. The van der Waals surface area contributed by atoms with Crippen LogP contribution in [-0.2, 0) is 17.8 Å². The predicted octanol–water partition coefficient (Wildman–Crippen LogP) is 3.39. The van der Waals surface area contributed by atoms with Crippen molar-refractivity contribution in [1.29, 1.82) is 0 Å². The van der Waals surface area contributed by atoms with Crippen LogP contribution in [0, 0.1) is 11.8 Å². The molecule has 2 fully saturated rings. The standard InChI is InChI=1S/C21H32N2O2/c1-3-17-11-20(25-15-16-7-5-4-6-8-16)10-9-18(17)12-23-13-19(14-23)21(24)22-2/h9-11,16,19H,3-8,12-15H2,1-2H3,(H,22,24). The van der Waals surface area contributed by atoms with Gasteiger partial charge in [0.15, 0.2) is 0 Å². The average Bonchev–Trinajstić information content (AvgIpc) is 2.63. The van der Waals surface area contributed by atoms with Crippen molar-refractivity contribution in [1.82, 2.24) is 10.2 Å². The molecule has 0 radical (unpaired) electrons. The molecule has 0 unspecified atom stereocenters. The predicted molar refractivity (Wildman–Crippen MR) is 101 cm³/mol. The number of amides is 1. The SMILES string of the molecule is CCc1cc(OCC2CCCCC2)ccc1CN1CC(C(=O)NC)C1. The van der Waals surface area contributed by atoms with Crippen molar-refractivity contribution in [3.8, 4) is 5.75 Å². The third-order valence-corrected chi connectivity index (χ3v) is 5.74. The molecule has 1 saturated heterocycles. The van der Waals surface area contributed by atoms with Gasteiger partial charge in [-0.15, -0.1) is 0 Å². The zero-order valence-electron chi connectivity index (χ0n) is 15.7. The van der Waals surface area contributed by atoms with E-state index >= 15 is 0 Å². The molecule has 138 valence electrons. The maximum Gasteiger partial charge on any atom is 0.225 e. The lowest BCUT2D eigenvalue weighted by molar-refractivity contribution is -0.129. The largest absolute Gasteiger partial charge is 0.493 e. The van der Waals surface area contributed by atoms with Crippen LogP contribution < -0.4 is 10.1 Å². The van der Waals surface area contributed by atoms with Gasteiger partial charge in [0, 0.05) is 26.7 Å². The number of carbonyl (C=O) groups excluding carboxylic acids is 1.